The molecule has 0 heterocycles. The topological polar surface area (TPSA) is 0 Å². The Labute approximate surface area is 82.7 Å². The van der Waals surface area contributed by atoms with E-state index in [1.165, 1.54) is 37.7 Å². The Balaban J connectivity index is 2.48. The molecule has 1 unspecified atom stereocenters. The van der Waals surface area contributed by atoms with Gasteiger partial charge in [-0.05, 0) is 24.7 Å². The fourth-order valence-electron chi connectivity index (χ4n) is 1.84. The molecule has 0 nitrogen and oxygen atoms in total. The summed E-state index contributed by atoms with van der Waals surface area (Å²) in [4.78, 5) is 0. The Bertz CT molecular complexity index is 210. The molecular weight excluding hydrogens is 156 g/mol. The van der Waals surface area contributed by atoms with Gasteiger partial charge in [-0.15, -0.1) is 0 Å². The van der Waals surface area contributed by atoms with E-state index in [-0.39, 0.29) is 0 Å². The minimum Gasteiger partial charge on any atom is -0.0805 e. The summed E-state index contributed by atoms with van der Waals surface area (Å²) < 4.78 is 0. The van der Waals surface area contributed by atoms with Crippen molar-refractivity contribution in [2.75, 3.05) is 0 Å². The van der Waals surface area contributed by atoms with Crippen molar-refractivity contribution in [2.45, 2.75) is 52.9 Å². The zero-order chi connectivity index (χ0) is 9.73. The molecule has 1 aliphatic rings. The summed E-state index contributed by atoms with van der Waals surface area (Å²) in [6.45, 7) is 6.87. The molecule has 74 valence electrons. The molecular formula is C13H22. The summed E-state index contributed by atoms with van der Waals surface area (Å²) in [6, 6.07) is 0. The van der Waals surface area contributed by atoms with Crippen LogP contribution in [0.4, 0.5) is 0 Å². The van der Waals surface area contributed by atoms with E-state index in [0.717, 1.165) is 0 Å². The van der Waals surface area contributed by atoms with Gasteiger partial charge in [0.2, 0.25) is 0 Å². The lowest BCUT2D eigenvalue weighted by molar-refractivity contribution is 0.376. The van der Waals surface area contributed by atoms with Gasteiger partial charge in [0.1, 0.15) is 0 Å². The lowest BCUT2D eigenvalue weighted by Gasteiger charge is -2.27. The van der Waals surface area contributed by atoms with Crippen molar-refractivity contribution in [3.05, 3.63) is 23.8 Å². The van der Waals surface area contributed by atoms with E-state index in [9.17, 15) is 0 Å². The molecule has 0 aromatic carbocycles. The fraction of sp³-hybridized carbons (Fsp3) is 0.692. The minimum absolute atomic E-state index is 0.453. The highest BCUT2D eigenvalue weighted by atomic mass is 14.3. The van der Waals surface area contributed by atoms with Gasteiger partial charge in [-0.3, -0.25) is 0 Å². The van der Waals surface area contributed by atoms with Crippen LogP contribution < -0.4 is 0 Å². The van der Waals surface area contributed by atoms with Crippen molar-refractivity contribution in [1.82, 2.24) is 0 Å². The molecule has 0 aromatic heterocycles. The SMILES string of the molecule is CCCCC1(C)C=CC(CC)=CC1. The maximum absolute atomic E-state index is 2.42. The molecule has 1 aliphatic carbocycles. The predicted molar refractivity (Wildman–Crippen MR) is 59.8 cm³/mol. The molecule has 0 N–H and O–H groups in total. The summed E-state index contributed by atoms with van der Waals surface area (Å²) in [5.74, 6) is 0. The van der Waals surface area contributed by atoms with Gasteiger partial charge in [0.05, 0.1) is 0 Å². The van der Waals surface area contributed by atoms with E-state index in [1.807, 2.05) is 0 Å². The second kappa shape index (κ2) is 4.64. The van der Waals surface area contributed by atoms with Crippen molar-refractivity contribution in [1.29, 1.82) is 0 Å². The molecule has 0 aliphatic heterocycles. The lowest BCUT2D eigenvalue weighted by atomic mass is 9.78. The number of hydrogen-bond acceptors (Lipinski definition) is 0. The van der Waals surface area contributed by atoms with E-state index in [0.29, 0.717) is 5.41 Å². The third-order valence-electron chi connectivity index (χ3n) is 3.04. The first-order valence-electron chi connectivity index (χ1n) is 5.58. The molecule has 0 spiro atoms. The second-order valence-corrected chi connectivity index (χ2v) is 4.43. The van der Waals surface area contributed by atoms with Gasteiger partial charge in [-0.25, -0.2) is 0 Å². The Morgan fingerprint density at radius 3 is 2.62 bits per heavy atom. The van der Waals surface area contributed by atoms with E-state index in [2.05, 4.69) is 39.0 Å². The van der Waals surface area contributed by atoms with Gasteiger partial charge >= 0.3 is 0 Å². The molecule has 0 fully saturated rings. The minimum atomic E-state index is 0.453. The van der Waals surface area contributed by atoms with Crippen molar-refractivity contribution in [2.24, 2.45) is 5.41 Å². The first kappa shape index (κ1) is 10.6. The molecule has 13 heavy (non-hydrogen) atoms. The average Bonchev–Trinajstić information content (AvgIpc) is 2.16. The van der Waals surface area contributed by atoms with Crippen molar-refractivity contribution >= 4 is 0 Å². The summed E-state index contributed by atoms with van der Waals surface area (Å²) in [7, 11) is 0. The van der Waals surface area contributed by atoms with Crippen LogP contribution in [0.25, 0.3) is 0 Å². The highest BCUT2D eigenvalue weighted by molar-refractivity contribution is 5.25. The molecule has 0 aromatic rings. The van der Waals surface area contributed by atoms with Gasteiger partial charge < -0.3 is 0 Å². The van der Waals surface area contributed by atoms with Gasteiger partial charge in [-0.2, -0.15) is 0 Å². The molecule has 0 amide bonds. The van der Waals surface area contributed by atoms with Crippen LogP contribution in [0.5, 0.6) is 0 Å². The molecule has 0 bridgehead atoms. The predicted octanol–water partition coefficient (Wildman–Crippen LogP) is 4.48. The summed E-state index contributed by atoms with van der Waals surface area (Å²) >= 11 is 0. The third kappa shape index (κ3) is 3.02. The molecule has 1 atom stereocenters. The molecule has 0 radical (unpaired) electrons. The van der Waals surface area contributed by atoms with Crippen molar-refractivity contribution < 1.29 is 0 Å². The number of rotatable bonds is 4. The largest absolute Gasteiger partial charge is 0.0805 e. The Hall–Kier alpha value is -0.520. The van der Waals surface area contributed by atoms with Crippen molar-refractivity contribution in [3.8, 4) is 0 Å². The summed E-state index contributed by atoms with van der Waals surface area (Å²) in [5.41, 5.74) is 1.96. The van der Waals surface area contributed by atoms with Crippen LogP contribution in [-0.4, -0.2) is 0 Å². The normalized spacial score (nSPS) is 27.5. The van der Waals surface area contributed by atoms with Crippen LogP contribution in [0.15, 0.2) is 23.8 Å². The Morgan fingerprint density at radius 2 is 2.15 bits per heavy atom. The molecule has 1 rings (SSSR count). The standard InChI is InChI=1S/C13H22/c1-4-6-9-13(3)10-7-12(5-2)8-11-13/h7-8,10H,4-6,9,11H2,1-3H3. The monoisotopic (exact) mass is 178 g/mol. The van der Waals surface area contributed by atoms with Crippen LogP contribution in [0, 0.1) is 5.41 Å². The average molecular weight is 178 g/mol. The van der Waals surface area contributed by atoms with Crippen LogP contribution >= 0.6 is 0 Å². The van der Waals surface area contributed by atoms with Gasteiger partial charge in [0.25, 0.3) is 0 Å². The molecule has 0 saturated heterocycles. The number of unbranched alkanes of at least 4 members (excludes halogenated alkanes) is 1. The van der Waals surface area contributed by atoms with E-state index >= 15 is 0 Å². The highest BCUT2D eigenvalue weighted by Gasteiger charge is 2.20. The first-order chi connectivity index (χ1) is 6.20. The zero-order valence-electron chi connectivity index (χ0n) is 9.27. The van der Waals surface area contributed by atoms with E-state index in [1.54, 1.807) is 0 Å². The maximum Gasteiger partial charge on any atom is -0.0109 e. The highest BCUT2D eigenvalue weighted by Crippen LogP contribution is 2.34. The fourth-order valence-corrected chi connectivity index (χ4v) is 1.84. The lowest BCUT2D eigenvalue weighted by Crippen LogP contribution is -2.14. The number of hydrogen-bond donors (Lipinski definition) is 0. The van der Waals surface area contributed by atoms with Crippen LogP contribution in [0.2, 0.25) is 0 Å². The molecule has 0 heteroatoms. The molecule has 0 saturated carbocycles. The van der Waals surface area contributed by atoms with Gasteiger partial charge in [0.15, 0.2) is 0 Å². The van der Waals surface area contributed by atoms with E-state index in [4.69, 9.17) is 0 Å². The zero-order valence-corrected chi connectivity index (χ0v) is 9.27. The Kier molecular flexibility index (Phi) is 3.77. The van der Waals surface area contributed by atoms with Crippen molar-refractivity contribution in [3.63, 3.8) is 0 Å². The van der Waals surface area contributed by atoms with Gasteiger partial charge in [0, 0.05) is 0 Å². The van der Waals surface area contributed by atoms with Crippen LogP contribution in [0.3, 0.4) is 0 Å². The first-order valence-corrected chi connectivity index (χ1v) is 5.58. The Morgan fingerprint density at radius 1 is 1.38 bits per heavy atom. The number of allylic oxidation sites excluding steroid dienone is 4. The summed E-state index contributed by atoms with van der Waals surface area (Å²) in [6.07, 6.45) is 13.6. The quantitative estimate of drug-likeness (QED) is 0.595. The summed E-state index contributed by atoms with van der Waals surface area (Å²) in [5, 5.41) is 0. The second-order valence-electron chi connectivity index (χ2n) is 4.43. The van der Waals surface area contributed by atoms with Crippen LogP contribution in [0.1, 0.15) is 52.9 Å². The van der Waals surface area contributed by atoms with E-state index < -0.39 is 0 Å². The maximum atomic E-state index is 2.42. The third-order valence-corrected chi connectivity index (χ3v) is 3.04. The smallest absolute Gasteiger partial charge is 0.0109 e. The van der Waals surface area contributed by atoms with Crippen LogP contribution in [-0.2, 0) is 0 Å². The van der Waals surface area contributed by atoms with Gasteiger partial charge in [-0.1, -0.05) is 57.4 Å².